The van der Waals surface area contributed by atoms with Gasteiger partial charge in [0.1, 0.15) is 34.7 Å². The Labute approximate surface area is 525 Å². The van der Waals surface area contributed by atoms with Crippen LogP contribution in [-0.4, -0.2) is 86.5 Å². The van der Waals surface area contributed by atoms with Gasteiger partial charge in [0, 0.05) is 58.6 Å². The molecule has 18 nitrogen and oxygen atoms in total. The number of hydrogen-bond donors (Lipinski definition) is 6. The molecule has 0 aliphatic heterocycles. The minimum Gasteiger partial charge on any atom is -0.490 e. The number of rotatable bonds is 24. The molecule has 3 aliphatic rings. The summed E-state index contributed by atoms with van der Waals surface area (Å²) in [7, 11) is 0. The number of anilines is 3. The number of para-hydroxylation sites is 2. The van der Waals surface area contributed by atoms with Crippen molar-refractivity contribution in [3.63, 3.8) is 0 Å². The summed E-state index contributed by atoms with van der Waals surface area (Å²) in [4.78, 5) is 87.9. The fraction of sp³-hybridized carbons (Fsp3) is 0.435. The smallest absolute Gasteiger partial charge is 0.223 e. The van der Waals surface area contributed by atoms with Gasteiger partial charge in [-0.25, -0.2) is 15.0 Å². The van der Waals surface area contributed by atoms with Crippen molar-refractivity contribution in [2.75, 3.05) is 17.2 Å². The number of nitrogens with one attached hydrogen (secondary N) is 3. The van der Waals surface area contributed by atoms with Gasteiger partial charge in [-0.05, 0) is 202 Å². The van der Waals surface area contributed by atoms with Gasteiger partial charge in [-0.1, -0.05) is 70.5 Å². The molecule has 3 aromatic heterocycles. The van der Waals surface area contributed by atoms with Crippen molar-refractivity contribution in [3.05, 3.63) is 160 Å². The number of carbonyl (C=O) groups excluding carboxylic acids is 6. The monoisotopic (exact) mass is 1260 g/mol. The molecule has 0 unspecified atom stereocenters. The lowest BCUT2D eigenvalue weighted by Gasteiger charge is -2.17. The highest BCUT2D eigenvalue weighted by molar-refractivity contribution is 9.10. The van der Waals surface area contributed by atoms with Crippen molar-refractivity contribution in [2.45, 2.75) is 174 Å². The maximum atomic E-state index is 12.6. The molecule has 3 saturated carbocycles. The Morgan fingerprint density at radius 2 is 0.716 bits per heavy atom. The Morgan fingerprint density at radius 3 is 1.00 bits per heavy atom. The average molecular weight is 1270 g/mol. The van der Waals surface area contributed by atoms with Crippen LogP contribution in [0.5, 0.6) is 17.2 Å². The van der Waals surface area contributed by atoms with Crippen LogP contribution in [0.3, 0.4) is 0 Å². The van der Waals surface area contributed by atoms with E-state index in [4.69, 9.17) is 31.4 Å². The highest BCUT2D eigenvalue weighted by Crippen LogP contribution is 2.33. The first-order chi connectivity index (χ1) is 42.2. The predicted octanol–water partition coefficient (Wildman–Crippen LogP) is 10.4. The van der Waals surface area contributed by atoms with Gasteiger partial charge < -0.3 is 47.4 Å². The maximum Gasteiger partial charge on any atom is 0.223 e. The summed E-state index contributed by atoms with van der Waals surface area (Å²) in [6.07, 6.45) is 9.82. The van der Waals surface area contributed by atoms with Crippen molar-refractivity contribution >= 4 is 68.5 Å². The lowest BCUT2D eigenvalue weighted by atomic mass is 10.0. The fourth-order valence-corrected chi connectivity index (χ4v) is 11.5. The Morgan fingerprint density at radius 1 is 0.432 bits per heavy atom. The largest absolute Gasteiger partial charge is 0.490 e. The highest BCUT2D eigenvalue weighted by atomic mass is 79.9. The summed E-state index contributed by atoms with van der Waals surface area (Å²) < 4.78 is 18.9. The molecule has 88 heavy (non-hydrogen) atoms. The standard InChI is InChI=1S/C23H28BrN3O3.2C23H29N3O3/c1-14-16(5-12-22(25)26-14)4-11-21(28)15(2)27-23(29)17-3-8-20(13-17)30-19-9-6-18(24)7-10-19;2*1-15-17(10-13-22(24)25-15)9-12-21(27)16(2)26-23(28)18-8-11-20(14-18)29-19-6-4-3-5-7-19/h5-7,9-10,12,15,17,20H,3-4,8,11,13H2,1-2H3,(H2,25,26)(H,27,29);2*3-7,10,13,16,18,20H,8-9,11-12,14H2,1-2H3,(H2,24,25)(H,26,28)/t15-,17+,20+;2*16-,18+,20+/m000/s1. The third kappa shape index (κ3) is 21.3. The molecule has 3 heterocycles. The van der Waals surface area contributed by atoms with Crippen molar-refractivity contribution in [1.82, 2.24) is 30.9 Å². The summed E-state index contributed by atoms with van der Waals surface area (Å²) in [5, 5.41) is 8.66. The molecule has 19 heteroatoms. The van der Waals surface area contributed by atoms with E-state index in [0.29, 0.717) is 75.2 Å². The van der Waals surface area contributed by atoms with Crippen LogP contribution < -0.4 is 47.4 Å². The zero-order valence-electron chi connectivity index (χ0n) is 51.5. The molecular formula is C69H86BrN9O9. The second-order valence-corrected chi connectivity index (χ2v) is 24.3. The van der Waals surface area contributed by atoms with E-state index in [-0.39, 0.29) is 71.1 Å². The number of nitrogen functional groups attached to an aromatic ring is 3. The quantitative estimate of drug-likeness (QED) is 0.0329. The number of halogens is 1. The van der Waals surface area contributed by atoms with E-state index in [9.17, 15) is 28.8 Å². The average Bonchev–Trinajstić information content (AvgIpc) is 4.35. The number of aromatic nitrogens is 3. The molecule has 3 amide bonds. The highest BCUT2D eigenvalue weighted by Gasteiger charge is 2.35. The van der Waals surface area contributed by atoms with E-state index >= 15 is 0 Å². The van der Waals surface area contributed by atoms with Crippen LogP contribution in [0.2, 0.25) is 0 Å². The zero-order valence-corrected chi connectivity index (χ0v) is 53.1. The fourth-order valence-electron chi connectivity index (χ4n) is 11.2. The SMILES string of the molecule is Cc1nc(N)ccc1CCC(=O)[C@H](C)NC(=O)[C@@H]1CC[C@@H](Oc2ccc(Br)cc2)C1.Cc1nc(N)ccc1CCC(=O)[C@H](C)NC(=O)[C@@H]1CC[C@@H](Oc2ccccc2)C1.Cc1nc(N)ccc1CCC(=O)[C@H](C)NC(=O)[C@@H]1CC[C@@H](Oc2ccccc2)C1. The van der Waals surface area contributed by atoms with Crippen LogP contribution in [0.25, 0.3) is 0 Å². The van der Waals surface area contributed by atoms with E-state index in [2.05, 4.69) is 46.8 Å². The number of hydrogen-bond acceptors (Lipinski definition) is 15. The third-order valence-electron chi connectivity index (χ3n) is 16.6. The number of aryl methyl sites for hydroxylation is 6. The van der Waals surface area contributed by atoms with Crippen LogP contribution in [0.1, 0.15) is 132 Å². The van der Waals surface area contributed by atoms with Crippen LogP contribution in [0, 0.1) is 38.5 Å². The van der Waals surface area contributed by atoms with Crippen LogP contribution in [0.15, 0.2) is 126 Å². The lowest BCUT2D eigenvalue weighted by molar-refractivity contribution is -0.130. The van der Waals surface area contributed by atoms with Gasteiger partial charge in [0.25, 0.3) is 0 Å². The second kappa shape index (κ2) is 33.2. The van der Waals surface area contributed by atoms with Gasteiger partial charge in [0.2, 0.25) is 17.7 Å². The summed E-state index contributed by atoms with van der Waals surface area (Å²) in [5.41, 5.74) is 22.5. The number of nitrogens with two attached hydrogens (primary N) is 3. The molecule has 9 N–H and O–H groups in total. The summed E-state index contributed by atoms with van der Waals surface area (Å²) in [6, 6.07) is 36.4. The second-order valence-electron chi connectivity index (χ2n) is 23.4. The Balaban J connectivity index is 0.000000188. The van der Waals surface area contributed by atoms with Crippen molar-refractivity contribution in [2.24, 2.45) is 17.8 Å². The van der Waals surface area contributed by atoms with E-state index in [0.717, 1.165) is 94.0 Å². The zero-order chi connectivity index (χ0) is 63.3. The number of benzene rings is 3. The number of amides is 3. The molecule has 0 radical (unpaired) electrons. The maximum absolute atomic E-state index is 12.6. The topological polar surface area (TPSA) is 283 Å². The van der Waals surface area contributed by atoms with Gasteiger partial charge in [-0.15, -0.1) is 0 Å². The first-order valence-electron chi connectivity index (χ1n) is 30.7. The molecule has 3 fully saturated rings. The van der Waals surface area contributed by atoms with Gasteiger partial charge in [-0.3, -0.25) is 28.8 Å². The Kier molecular flexibility index (Phi) is 25.4. The minimum absolute atomic E-state index is 0.0141. The van der Waals surface area contributed by atoms with Crippen molar-refractivity contribution < 1.29 is 43.0 Å². The van der Waals surface area contributed by atoms with Crippen LogP contribution in [-0.2, 0) is 48.0 Å². The molecule has 9 rings (SSSR count). The van der Waals surface area contributed by atoms with Crippen molar-refractivity contribution in [3.8, 4) is 17.2 Å². The molecule has 0 bridgehead atoms. The number of pyridine rings is 3. The minimum atomic E-state index is -0.508. The Hall–Kier alpha value is -8.19. The molecule has 9 atom stereocenters. The number of ketones is 3. The molecule has 3 aliphatic carbocycles. The van der Waals surface area contributed by atoms with Gasteiger partial charge in [-0.2, -0.15) is 0 Å². The van der Waals surface area contributed by atoms with Crippen molar-refractivity contribution in [1.29, 1.82) is 0 Å². The van der Waals surface area contributed by atoms with E-state index in [1.165, 1.54) is 0 Å². The number of nitrogens with zero attached hydrogens (tertiary/aromatic N) is 3. The van der Waals surface area contributed by atoms with E-state index in [1.807, 2.05) is 124 Å². The summed E-state index contributed by atoms with van der Waals surface area (Å²) in [5.74, 6) is 3.41. The molecule has 6 aromatic rings. The third-order valence-corrected chi connectivity index (χ3v) is 17.1. The van der Waals surface area contributed by atoms with Crippen LogP contribution >= 0.6 is 15.9 Å². The Bertz CT molecular complexity index is 3160. The number of carbonyl (C=O) groups is 6. The lowest BCUT2D eigenvalue weighted by Crippen LogP contribution is -2.41. The molecule has 0 saturated heterocycles. The molecule has 468 valence electrons. The molecule has 3 aromatic carbocycles. The summed E-state index contributed by atoms with van der Waals surface area (Å²) >= 11 is 3.41. The first-order valence-corrected chi connectivity index (χ1v) is 31.5. The first kappa shape index (κ1) is 67.3. The van der Waals surface area contributed by atoms with E-state index in [1.54, 1.807) is 39.0 Å². The van der Waals surface area contributed by atoms with Gasteiger partial charge >= 0.3 is 0 Å². The number of Topliss-reactive ketones (excluding diaryl/α,β-unsaturated/α-hetero) is 3. The molecular weight excluding hydrogens is 1180 g/mol. The summed E-state index contributed by atoms with van der Waals surface area (Å²) in [6.45, 7) is 10.9. The predicted molar refractivity (Wildman–Crippen MR) is 345 cm³/mol. The number of ether oxygens (including phenoxy) is 3. The van der Waals surface area contributed by atoms with Crippen LogP contribution in [0.4, 0.5) is 17.5 Å². The van der Waals surface area contributed by atoms with Gasteiger partial charge in [0.15, 0.2) is 17.3 Å². The normalized spacial score (nSPS) is 19.4. The molecule has 0 spiro atoms. The van der Waals surface area contributed by atoms with Gasteiger partial charge in [0.05, 0.1) is 36.4 Å². The van der Waals surface area contributed by atoms with E-state index < -0.39 is 18.1 Å².